The molecule has 1 amide bonds. The molecule has 4 aliphatic carbocycles. The van der Waals surface area contributed by atoms with Crippen molar-refractivity contribution in [2.24, 2.45) is 46.2 Å². The van der Waals surface area contributed by atoms with Gasteiger partial charge in [0.2, 0.25) is 5.91 Å². The highest BCUT2D eigenvalue weighted by molar-refractivity contribution is 5.92. The van der Waals surface area contributed by atoms with E-state index in [4.69, 9.17) is 5.73 Å². The number of fused-ring (bicyclic) bond motifs is 5. The lowest BCUT2D eigenvalue weighted by atomic mass is 9.44. The molecule has 0 unspecified atom stereocenters. The monoisotopic (exact) mass is 329 g/mol. The van der Waals surface area contributed by atoms with Gasteiger partial charge in [-0.15, -0.1) is 0 Å². The van der Waals surface area contributed by atoms with Gasteiger partial charge in [-0.05, 0) is 91.8 Å². The zero-order chi connectivity index (χ0) is 17.1. The van der Waals surface area contributed by atoms with Crippen molar-refractivity contribution >= 4 is 5.91 Å². The van der Waals surface area contributed by atoms with Gasteiger partial charge in [0.25, 0.3) is 0 Å². The van der Waals surface area contributed by atoms with Crippen molar-refractivity contribution in [3.05, 3.63) is 12.2 Å². The summed E-state index contributed by atoms with van der Waals surface area (Å²) in [6.07, 6.45) is 13.8. The van der Waals surface area contributed by atoms with E-state index in [9.17, 15) is 4.79 Å². The molecule has 0 aromatic carbocycles. The molecule has 4 rings (SSSR count). The van der Waals surface area contributed by atoms with Gasteiger partial charge in [0, 0.05) is 5.57 Å². The van der Waals surface area contributed by atoms with E-state index in [-0.39, 0.29) is 11.3 Å². The minimum absolute atomic E-state index is 0.269. The molecule has 2 N–H and O–H groups in total. The number of carbonyl (C=O) groups excluding carboxylic acids is 1. The highest BCUT2D eigenvalue weighted by Gasteiger charge is 2.60. The molecular formula is C22H35NO. The second-order valence-electron chi connectivity index (χ2n) is 9.97. The van der Waals surface area contributed by atoms with Crippen LogP contribution in [0.2, 0.25) is 0 Å². The molecule has 4 saturated carbocycles. The van der Waals surface area contributed by atoms with Crippen LogP contribution in [0.4, 0.5) is 0 Å². The van der Waals surface area contributed by atoms with Gasteiger partial charge in [0.05, 0.1) is 0 Å². The molecule has 7 atom stereocenters. The van der Waals surface area contributed by atoms with Gasteiger partial charge < -0.3 is 5.73 Å². The van der Waals surface area contributed by atoms with Crippen molar-refractivity contribution in [1.82, 2.24) is 0 Å². The Morgan fingerprint density at radius 2 is 1.67 bits per heavy atom. The Labute approximate surface area is 147 Å². The maximum Gasteiger partial charge on any atom is 0.244 e. The van der Waals surface area contributed by atoms with E-state index in [0.29, 0.717) is 16.9 Å². The highest BCUT2D eigenvalue weighted by Crippen LogP contribution is 2.68. The van der Waals surface area contributed by atoms with Gasteiger partial charge >= 0.3 is 0 Å². The molecule has 4 aliphatic rings. The summed E-state index contributed by atoms with van der Waals surface area (Å²) in [6, 6.07) is 0. The molecule has 2 heteroatoms. The maximum absolute atomic E-state index is 11.7. The normalized spacial score (nSPS) is 50.5. The lowest BCUT2D eigenvalue weighted by molar-refractivity contribution is -0.118. The summed E-state index contributed by atoms with van der Waals surface area (Å²) in [4.78, 5) is 11.7. The zero-order valence-electron chi connectivity index (χ0n) is 15.7. The fraction of sp³-hybridized carbons (Fsp3) is 0.864. The first-order valence-corrected chi connectivity index (χ1v) is 10.4. The lowest BCUT2D eigenvalue weighted by Crippen LogP contribution is -2.53. The third-order valence-corrected chi connectivity index (χ3v) is 9.32. The van der Waals surface area contributed by atoms with Crippen LogP contribution >= 0.6 is 0 Å². The molecule has 0 saturated heterocycles. The third kappa shape index (κ3) is 2.17. The van der Waals surface area contributed by atoms with Gasteiger partial charge in [-0.1, -0.05) is 33.3 Å². The topological polar surface area (TPSA) is 43.1 Å². The zero-order valence-corrected chi connectivity index (χ0v) is 15.7. The van der Waals surface area contributed by atoms with Gasteiger partial charge in [0.15, 0.2) is 0 Å². The van der Waals surface area contributed by atoms with E-state index in [1.807, 2.05) is 0 Å². The standard InChI is InChI=1S/C22H35NO/c1-14(20(23)24)17-9-10-18-16-8-7-15-6-4-5-12-21(15,2)19(16)11-13-22(17,18)3/h15-19H,1,4-13H2,2-3H3,(H2,23,24)/t15-,16+,17-,18+,19+,21+,22-/m1/s1. The van der Waals surface area contributed by atoms with Crippen LogP contribution in [0.15, 0.2) is 12.2 Å². The van der Waals surface area contributed by atoms with E-state index in [1.54, 1.807) is 0 Å². The Morgan fingerprint density at radius 3 is 2.42 bits per heavy atom. The van der Waals surface area contributed by atoms with E-state index >= 15 is 0 Å². The molecule has 0 heterocycles. The molecule has 4 fully saturated rings. The molecule has 0 aromatic rings. The fourth-order valence-corrected chi connectivity index (χ4v) is 8.04. The minimum atomic E-state index is -0.271. The van der Waals surface area contributed by atoms with Crippen molar-refractivity contribution < 1.29 is 4.79 Å². The van der Waals surface area contributed by atoms with E-state index < -0.39 is 0 Å². The van der Waals surface area contributed by atoms with Crippen LogP contribution in [-0.2, 0) is 4.79 Å². The summed E-state index contributed by atoms with van der Waals surface area (Å²) < 4.78 is 0. The van der Waals surface area contributed by atoms with Gasteiger partial charge in [-0.3, -0.25) is 4.79 Å². The highest BCUT2D eigenvalue weighted by atomic mass is 16.1. The predicted octanol–water partition coefficient (Wildman–Crippen LogP) is 5.08. The molecular weight excluding hydrogens is 294 g/mol. The summed E-state index contributed by atoms with van der Waals surface area (Å²) in [7, 11) is 0. The fourth-order valence-electron chi connectivity index (χ4n) is 8.04. The van der Waals surface area contributed by atoms with Crippen molar-refractivity contribution in [3.63, 3.8) is 0 Å². The van der Waals surface area contributed by atoms with E-state index in [1.165, 1.54) is 57.8 Å². The van der Waals surface area contributed by atoms with Crippen molar-refractivity contribution in [2.45, 2.75) is 78.1 Å². The Bertz CT molecular complexity index is 554. The van der Waals surface area contributed by atoms with Crippen molar-refractivity contribution in [3.8, 4) is 0 Å². The summed E-state index contributed by atoms with van der Waals surface area (Å²) in [6.45, 7) is 9.16. The number of hydrogen-bond acceptors (Lipinski definition) is 1. The molecule has 0 aromatic heterocycles. The van der Waals surface area contributed by atoms with Gasteiger partial charge in [0.1, 0.15) is 0 Å². The van der Waals surface area contributed by atoms with Crippen LogP contribution in [0.1, 0.15) is 78.1 Å². The molecule has 0 bridgehead atoms. The number of primary amides is 1. The van der Waals surface area contributed by atoms with Crippen LogP contribution in [0.5, 0.6) is 0 Å². The average Bonchev–Trinajstić information content (AvgIpc) is 2.90. The SMILES string of the molecule is C=C(C(N)=O)[C@H]1CC[C@H]2[C@@H]3CC[C@H]4CCCC[C@]4(C)[C@H]3CC[C@]12C. The molecule has 0 radical (unpaired) electrons. The summed E-state index contributed by atoms with van der Waals surface area (Å²) in [5.74, 6) is 3.64. The second kappa shape index (κ2) is 5.61. The molecule has 0 spiro atoms. The van der Waals surface area contributed by atoms with Crippen molar-refractivity contribution in [1.29, 1.82) is 0 Å². The Kier molecular flexibility index (Phi) is 3.89. The smallest absolute Gasteiger partial charge is 0.244 e. The van der Waals surface area contributed by atoms with Crippen molar-refractivity contribution in [2.75, 3.05) is 0 Å². The minimum Gasteiger partial charge on any atom is -0.366 e. The molecule has 2 nitrogen and oxygen atoms in total. The van der Waals surface area contributed by atoms with E-state index in [2.05, 4.69) is 20.4 Å². The predicted molar refractivity (Wildman–Crippen MR) is 98.2 cm³/mol. The van der Waals surface area contributed by atoms with Gasteiger partial charge in [-0.25, -0.2) is 0 Å². The Balaban J connectivity index is 1.61. The Morgan fingerprint density at radius 1 is 0.917 bits per heavy atom. The van der Waals surface area contributed by atoms with Crippen LogP contribution in [-0.4, -0.2) is 5.91 Å². The summed E-state index contributed by atoms with van der Waals surface area (Å²) in [5.41, 5.74) is 7.17. The lowest BCUT2D eigenvalue weighted by Gasteiger charge is -2.60. The van der Waals surface area contributed by atoms with Crippen LogP contribution in [0.25, 0.3) is 0 Å². The van der Waals surface area contributed by atoms with Crippen LogP contribution in [0.3, 0.4) is 0 Å². The largest absolute Gasteiger partial charge is 0.366 e. The molecule has 134 valence electrons. The number of rotatable bonds is 2. The first-order chi connectivity index (χ1) is 11.4. The first-order valence-electron chi connectivity index (χ1n) is 10.4. The third-order valence-electron chi connectivity index (χ3n) is 9.32. The maximum atomic E-state index is 11.7. The number of hydrogen-bond donors (Lipinski definition) is 1. The summed E-state index contributed by atoms with van der Waals surface area (Å²) in [5, 5.41) is 0. The Hall–Kier alpha value is -0.790. The molecule has 0 aliphatic heterocycles. The van der Waals surface area contributed by atoms with E-state index in [0.717, 1.165) is 30.1 Å². The van der Waals surface area contributed by atoms with Gasteiger partial charge in [-0.2, -0.15) is 0 Å². The molecule has 24 heavy (non-hydrogen) atoms. The average molecular weight is 330 g/mol. The number of nitrogens with two attached hydrogens (primary N) is 1. The summed E-state index contributed by atoms with van der Waals surface area (Å²) >= 11 is 0. The first kappa shape index (κ1) is 16.7. The quantitative estimate of drug-likeness (QED) is 0.706. The number of carbonyl (C=O) groups is 1. The second-order valence-corrected chi connectivity index (χ2v) is 9.97. The van der Waals surface area contributed by atoms with Crippen LogP contribution in [0, 0.1) is 40.4 Å². The van der Waals surface area contributed by atoms with Crippen LogP contribution < -0.4 is 5.73 Å². The number of amides is 1.